The molecule has 94 valence electrons. The van der Waals surface area contributed by atoms with Crippen LogP contribution in [0.5, 0.6) is 0 Å². The van der Waals surface area contributed by atoms with Crippen molar-refractivity contribution in [1.29, 1.82) is 5.26 Å². The second-order valence-electron chi connectivity index (χ2n) is 4.41. The molecule has 2 rings (SSSR count). The summed E-state index contributed by atoms with van der Waals surface area (Å²) in [5, 5.41) is 18.3. The fourth-order valence-corrected chi connectivity index (χ4v) is 2.92. The minimum atomic E-state index is -0.765. The average Bonchev–Trinajstić information content (AvgIpc) is 2.70. The van der Waals surface area contributed by atoms with E-state index in [4.69, 9.17) is 5.11 Å². The Balaban J connectivity index is 2.37. The van der Waals surface area contributed by atoms with Gasteiger partial charge in [0.2, 0.25) is 0 Å². The number of carbonyl (C=O) groups is 1. The van der Waals surface area contributed by atoms with Gasteiger partial charge in [-0.15, -0.1) is 0 Å². The highest BCUT2D eigenvalue weighted by Crippen LogP contribution is 2.34. The highest BCUT2D eigenvalue weighted by molar-refractivity contribution is 9.10. The zero-order chi connectivity index (χ0) is 13.3. The number of anilines is 1. The van der Waals surface area contributed by atoms with Crippen LogP contribution in [0.15, 0.2) is 22.7 Å². The standard InChI is InChI=1S/C13H13BrN2O2/c1-8-9(13(17)18)5-6-16(8)12-4-2-3-11(14)10(12)7-15/h2-4,8-9H,5-6H2,1H3,(H,17,18). The third-order valence-electron chi connectivity index (χ3n) is 3.48. The van der Waals surface area contributed by atoms with Crippen molar-refractivity contribution in [3.8, 4) is 6.07 Å². The molecule has 0 aliphatic carbocycles. The van der Waals surface area contributed by atoms with E-state index in [2.05, 4.69) is 22.0 Å². The molecule has 1 aromatic carbocycles. The lowest BCUT2D eigenvalue weighted by Crippen LogP contribution is -2.33. The first-order chi connectivity index (χ1) is 8.56. The highest BCUT2D eigenvalue weighted by Gasteiger charge is 2.36. The normalized spacial score (nSPS) is 22.8. The largest absolute Gasteiger partial charge is 0.481 e. The maximum Gasteiger partial charge on any atom is 0.308 e. The monoisotopic (exact) mass is 308 g/mol. The van der Waals surface area contributed by atoms with Crippen LogP contribution in [0.1, 0.15) is 18.9 Å². The highest BCUT2D eigenvalue weighted by atomic mass is 79.9. The molecule has 2 atom stereocenters. The SMILES string of the molecule is CC1C(C(=O)O)CCN1c1cccc(Br)c1C#N. The second-order valence-corrected chi connectivity index (χ2v) is 5.27. The van der Waals surface area contributed by atoms with E-state index >= 15 is 0 Å². The first-order valence-corrected chi connectivity index (χ1v) is 6.53. The van der Waals surface area contributed by atoms with Crippen LogP contribution < -0.4 is 4.90 Å². The molecule has 0 radical (unpaired) electrons. The Morgan fingerprint density at radius 2 is 2.33 bits per heavy atom. The van der Waals surface area contributed by atoms with Gasteiger partial charge in [0.1, 0.15) is 6.07 Å². The van der Waals surface area contributed by atoms with Gasteiger partial charge in [0.25, 0.3) is 0 Å². The zero-order valence-corrected chi connectivity index (χ0v) is 11.5. The van der Waals surface area contributed by atoms with Crippen molar-refractivity contribution in [2.24, 2.45) is 5.92 Å². The summed E-state index contributed by atoms with van der Waals surface area (Å²) >= 11 is 3.35. The Morgan fingerprint density at radius 3 is 2.89 bits per heavy atom. The van der Waals surface area contributed by atoms with Gasteiger partial charge in [0, 0.05) is 17.1 Å². The molecule has 1 aliphatic rings. The van der Waals surface area contributed by atoms with E-state index < -0.39 is 5.97 Å². The van der Waals surface area contributed by atoms with E-state index in [0.29, 0.717) is 18.5 Å². The van der Waals surface area contributed by atoms with Crippen LogP contribution in [0.25, 0.3) is 0 Å². The van der Waals surface area contributed by atoms with E-state index in [1.807, 2.05) is 30.0 Å². The lowest BCUT2D eigenvalue weighted by molar-refractivity contribution is -0.141. The summed E-state index contributed by atoms with van der Waals surface area (Å²) in [4.78, 5) is 13.1. The predicted octanol–water partition coefficient (Wildman–Crippen LogP) is 2.62. The fourth-order valence-electron chi connectivity index (χ4n) is 2.47. The van der Waals surface area contributed by atoms with Gasteiger partial charge in [0.15, 0.2) is 0 Å². The summed E-state index contributed by atoms with van der Waals surface area (Å²) in [5.41, 5.74) is 1.37. The van der Waals surface area contributed by atoms with Gasteiger partial charge in [-0.25, -0.2) is 0 Å². The molecule has 0 aromatic heterocycles. The quantitative estimate of drug-likeness (QED) is 0.912. The predicted molar refractivity (Wildman–Crippen MR) is 71.4 cm³/mol. The summed E-state index contributed by atoms with van der Waals surface area (Å²) in [7, 11) is 0. The van der Waals surface area contributed by atoms with Crippen molar-refractivity contribution in [2.45, 2.75) is 19.4 Å². The van der Waals surface area contributed by atoms with Crippen LogP contribution in [-0.2, 0) is 4.79 Å². The Kier molecular flexibility index (Phi) is 3.58. The van der Waals surface area contributed by atoms with Crippen LogP contribution in [-0.4, -0.2) is 23.7 Å². The van der Waals surface area contributed by atoms with Crippen LogP contribution in [0, 0.1) is 17.2 Å². The Labute approximate surface area is 114 Å². The fraction of sp³-hybridized carbons (Fsp3) is 0.385. The second kappa shape index (κ2) is 4.99. The number of rotatable bonds is 2. The molecular weight excluding hydrogens is 296 g/mol. The summed E-state index contributed by atoms with van der Waals surface area (Å²) in [6, 6.07) is 7.62. The maximum atomic E-state index is 11.1. The van der Waals surface area contributed by atoms with Gasteiger partial charge in [0.05, 0.1) is 17.2 Å². The first-order valence-electron chi connectivity index (χ1n) is 5.74. The first kappa shape index (κ1) is 12.9. The van der Waals surface area contributed by atoms with Gasteiger partial charge in [-0.1, -0.05) is 6.07 Å². The summed E-state index contributed by atoms with van der Waals surface area (Å²) in [5.74, 6) is -1.13. The van der Waals surface area contributed by atoms with Crippen molar-refractivity contribution < 1.29 is 9.90 Å². The number of carboxylic acid groups (broad SMARTS) is 1. The molecule has 2 unspecified atom stereocenters. The van der Waals surface area contributed by atoms with Gasteiger partial charge in [-0.05, 0) is 41.4 Å². The molecule has 0 bridgehead atoms. The average molecular weight is 309 g/mol. The smallest absolute Gasteiger partial charge is 0.308 e. The van der Waals surface area contributed by atoms with Crippen LogP contribution in [0.4, 0.5) is 5.69 Å². The summed E-state index contributed by atoms with van der Waals surface area (Å²) < 4.78 is 0.744. The third kappa shape index (κ3) is 2.08. The molecule has 1 N–H and O–H groups in total. The van der Waals surface area contributed by atoms with Crippen molar-refractivity contribution >= 4 is 27.6 Å². The van der Waals surface area contributed by atoms with Gasteiger partial charge < -0.3 is 10.0 Å². The summed E-state index contributed by atoms with van der Waals surface area (Å²) in [6.45, 7) is 2.57. The number of carboxylic acids is 1. The van der Waals surface area contributed by atoms with Crippen molar-refractivity contribution in [2.75, 3.05) is 11.4 Å². The number of nitriles is 1. The molecule has 0 amide bonds. The van der Waals surface area contributed by atoms with Crippen molar-refractivity contribution in [3.05, 3.63) is 28.2 Å². The minimum Gasteiger partial charge on any atom is -0.481 e. The summed E-state index contributed by atoms with van der Waals surface area (Å²) in [6.07, 6.45) is 0.619. The molecule has 4 nitrogen and oxygen atoms in total. The lowest BCUT2D eigenvalue weighted by atomic mass is 10.0. The van der Waals surface area contributed by atoms with Gasteiger partial charge in [-0.2, -0.15) is 5.26 Å². The molecule has 0 spiro atoms. The van der Waals surface area contributed by atoms with Crippen molar-refractivity contribution in [3.63, 3.8) is 0 Å². The molecule has 1 heterocycles. The molecule has 1 aromatic rings. The molecule has 18 heavy (non-hydrogen) atoms. The van der Waals surface area contributed by atoms with Crippen molar-refractivity contribution in [1.82, 2.24) is 0 Å². The lowest BCUT2D eigenvalue weighted by Gasteiger charge is -2.26. The van der Waals surface area contributed by atoms with Gasteiger partial charge >= 0.3 is 5.97 Å². The molecule has 0 saturated carbocycles. The van der Waals surface area contributed by atoms with Crippen LogP contribution in [0.2, 0.25) is 0 Å². The third-order valence-corrected chi connectivity index (χ3v) is 4.15. The van der Waals surface area contributed by atoms with Crippen LogP contribution in [0.3, 0.4) is 0 Å². The van der Waals surface area contributed by atoms with E-state index in [9.17, 15) is 10.1 Å². The van der Waals surface area contributed by atoms with Crippen LogP contribution >= 0.6 is 15.9 Å². The topological polar surface area (TPSA) is 64.3 Å². The molecule has 1 saturated heterocycles. The van der Waals surface area contributed by atoms with E-state index in [1.165, 1.54) is 0 Å². The number of aliphatic carboxylic acids is 1. The number of hydrogen-bond acceptors (Lipinski definition) is 3. The zero-order valence-electron chi connectivity index (χ0n) is 9.93. The number of halogens is 1. The molecular formula is C13H13BrN2O2. The maximum absolute atomic E-state index is 11.1. The number of hydrogen-bond donors (Lipinski definition) is 1. The van der Waals surface area contributed by atoms with E-state index in [0.717, 1.165) is 10.2 Å². The number of nitrogens with zero attached hydrogens (tertiary/aromatic N) is 2. The minimum absolute atomic E-state index is 0.0936. The molecule has 1 aliphatic heterocycles. The Hall–Kier alpha value is -1.54. The van der Waals surface area contributed by atoms with Gasteiger partial charge in [-0.3, -0.25) is 4.79 Å². The molecule has 1 fully saturated rings. The van der Waals surface area contributed by atoms with E-state index in [1.54, 1.807) is 0 Å². The Morgan fingerprint density at radius 1 is 1.61 bits per heavy atom. The number of benzene rings is 1. The van der Waals surface area contributed by atoms with E-state index in [-0.39, 0.29) is 12.0 Å². The Bertz CT molecular complexity index is 524. The molecule has 5 heteroatoms.